The summed E-state index contributed by atoms with van der Waals surface area (Å²) in [6, 6.07) is 0. The predicted molar refractivity (Wildman–Crippen MR) is 65.5 cm³/mol. The predicted octanol–water partition coefficient (Wildman–Crippen LogP) is 2.27. The molecule has 4 nitrogen and oxygen atoms in total. The number of hydrogen-bond acceptors (Lipinski definition) is 4. The van der Waals surface area contributed by atoms with Gasteiger partial charge in [-0.1, -0.05) is 13.0 Å². The van der Waals surface area contributed by atoms with Gasteiger partial charge in [-0.05, 0) is 19.8 Å². The van der Waals surface area contributed by atoms with Crippen LogP contribution in [-0.4, -0.2) is 16.6 Å². The molecule has 0 amide bonds. The molecule has 1 rings (SSSR count). The Kier molecular flexibility index (Phi) is 4.76. The van der Waals surface area contributed by atoms with Gasteiger partial charge in [0.2, 0.25) is 5.88 Å². The molecule has 0 aliphatic heterocycles. The van der Waals surface area contributed by atoms with Crippen LogP contribution in [0.25, 0.3) is 0 Å². The van der Waals surface area contributed by atoms with Crippen molar-refractivity contribution in [2.24, 2.45) is 0 Å². The first kappa shape index (κ1) is 12.5. The number of anilines is 1. The Morgan fingerprint density at radius 3 is 2.81 bits per heavy atom. The second-order valence-corrected chi connectivity index (χ2v) is 3.63. The van der Waals surface area contributed by atoms with Crippen molar-refractivity contribution in [1.82, 2.24) is 9.97 Å². The molecule has 1 heterocycles. The van der Waals surface area contributed by atoms with E-state index in [0.717, 1.165) is 30.7 Å². The topological polar surface area (TPSA) is 61.0 Å². The second kappa shape index (κ2) is 6.10. The molecular weight excluding hydrogens is 202 g/mol. The lowest BCUT2D eigenvalue weighted by Crippen LogP contribution is -2.07. The minimum atomic E-state index is 0.507. The summed E-state index contributed by atoms with van der Waals surface area (Å²) in [6.45, 7) is 8.17. The highest BCUT2D eigenvalue weighted by Crippen LogP contribution is 2.20. The summed E-state index contributed by atoms with van der Waals surface area (Å²) < 4.78 is 5.54. The average Bonchev–Trinajstić information content (AvgIpc) is 2.25. The molecule has 1 aromatic rings. The summed E-state index contributed by atoms with van der Waals surface area (Å²) in [5.41, 5.74) is 6.61. The molecule has 0 atom stereocenters. The van der Waals surface area contributed by atoms with Crippen LogP contribution in [0.4, 0.5) is 5.82 Å². The van der Waals surface area contributed by atoms with E-state index in [1.54, 1.807) is 0 Å². The molecule has 4 heteroatoms. The van der Waals surface area contributed by atoms with Gasteiger partial charge >= 0.3 is 0 Å². The zero-order valence-corrected chi connectivity index (χ0v) is 9.99. The van der Waals surface area contributed by atoms with Crippen LogP contribution < -0.4 is 10.5 Å². The van der Waals surface area contributed by atoms with Crippen molar-refractivity contribution in [3.05, 3.63) is 24.0 Å². The Morgan fingerprint density at radius 1 is 1.44 bits per heavy atom. The summed E-state index contributed by atoms with van der Waals surface area (Å²) in [6.07, 6.45) is 4.43. The van der Waals surface area contributed by atoms with E-state index in [2.05, 4.69) is 23.5 Å². The molecule has 0 spiro atoms. The van der Waals surface area contributed by atoms with Crippen molar-refractivity contribution < 1.29 is 4.74 Å². The third-order valence-corrected chi connectivity index (χ3v) is 2.22. The summed E-state index contributed by atoms with van der Waals surface area (Å²) in [5.74, 6) is 1.85. The van der Waals surface area contributed by atoms with Gasteiger partial charge in [0.1, 0.15) is 11.6 Å². The molecule has 2 N–H and O–H groups in total. The molecule has 0 bridgehead atoms. The van der Waals surface area contributed by atoms with Gasteiger partial charge in [0.15, 0.2) is 0 Å². The van der Waals surface area contributed by atoms with E-state index in [9.17, 15) is 0 Å². The number of aromatic nitrogens is 2. The third kappa shape index (κ3) is 3.22. The number of aryl methyl sites for hydroxylation is 1. The van der Waals surface area contributed by atoms with Crippen molar-refractivity contribution in [3.63, 3.8) is 0 Å². The number of nitrogens with two attached hydrogens (primary N) is 1. The highest BCUT2D eigenvalue weighted by Gasteiger charge is 2.08. The lowest BCUT2D eigenvalue weighted by molar-refractivity contribution is 0.308. The van der Waals surface area contributed by atoms with Crippen LogP contribution in [0.15, 0.2) is 12.7 Å². The van der Waals surface area contributed by atoms with Gasteiger partial charge in [0.25, 0.3) is 0 Å². The van der Waals surface area contributed by atoms with E-state index in [0.29, 0.717) is 18.3 Å². The first-order chi connectivity index (χ1) is 7.69. The van der Waals surface area contributed by atoms with Gasteiger partial charge in [-0.15, -0.1) is 6.58 Å². The number of nitrogen functional groups attached to an aromatic ring is 1. The van der Waals surface area contributed by atoms with Gasteiger partial charge in [-0.25, -0.2) is 4.98 Å². The van der Waals surface area contributed by atoms with Crippen molar-refractivity contribution >= 4 is 5.82 Å². The van der Waals surface area contributed by atoms with Crippen LogP contribution in [0, 0.1) is 6.92 Å². The first-order valence-corrected chi connectivity index (χ1v) is 5.55. The third-order valence-electron chi connectivity index (χ3n) is 2.22. The van der Waals surface area contributed by atoms with E-state index < -0.39 is 0 Å². The molecule has 0 unspecified atom stereocenters. The average molecular weight is 221 g/mol. The summed E-state index contributed by atoms with van der Waals surface area (Å²) >= 11 is 0. The van der Waals surface area contributed by atoms with Gasteiger partial charge in [0, 0.05) is 6.42 Å². The minimum Gasteiger partial charge on any atom is -0.477 e. The molecule has 1 aromatic heterocycles. The lowest BCUT2D eigenvalue weighted by Gasteiger charge is -2.10. The summed E-state index contributed by atoms with van der Waals surface area (Å²) in [4.78, 5) is 8.56. The fourth-order valence-corrected chi connectivity index (χ4v) is 1.27. The molecular formula is C12H19N3O. The van der Waals surface area contributed by atoms with Crippen LogP contribution >= 0.6 is 0 Å². The Labute approximate surface area is 96.6 Å². The Balaban J connectivity index is 2.83. The minimum absolute atomic E-state index is 0.507. The normalized spacial score (nSPS) is 10.1. The number of ether oxygens (including phenoxy) is 1. The number of hydrogen-bond donors (Lipinski definition) is 1. The van der Waals surface area contributed by atoms with Gasteiger partial charge in [0.05, 0.1) is 12.2 Å². The molecule has 0 aliphatic carbocycles. The molecule has 0 saturated carbocycles. The maximum atomic E-state index is 5.80. The number of nitrogens with zero attached hydrogens (tertiary/aromatic N) is 2. The fraction of sp³-hybridized carbons (Fsp3) is 0.500. The van der Waals surface area contributed by atoms with Crippen LogP contribution in [-0.2, 0) is 6.42 Å². The maximum absolute atomic E-state index is 5.80. The van der Waals surface area contributed by atoms with Crippen LogP contribution in [0.1, 0.15) is 31.2 Å². The Bertz CT molecular complexity index is 364. The van der Waals surface area contributed by atoms with E-state index in [1.807, 2.05) is 13.0 Å². The Hall–Kier alpha value is -1.58. The highest BCUT2D eigenvalue weighted by atomic mass is 16.5. The molecule has 0 radical (unpaired) electrons. The van der Waals surface area contributed by atoms with E-state index in [4.69, 9.17) is 10.5 Å². The smallest absolute Gasteiger partial charge is 0.221 e. The van der Waals surface area contributed by atoms with Crippen LogP contribution in [0.5, 0.6) is 5.88 Å². The molecule has 0 fully saturated rings. The molecule has 0 aliphatic rings. The van der Waals surface area contributed by atoms with Crippen molar-refractivity contribution in [1.29, 1.82) is 0 Å². The number of rotatable bonds is 6. The lowest BCUT2D eigenvalue weighted by atomic mass is 10.3. The van der Waals surface area contributed by atoms with E-state index in [1.165, 1.54) is 0 Å². The Morgan fingerprint density at radius 2 is 2.19 bits per heavy atom. The van der Waals surface area contributed by atoms with Crippen molar-refractivity contribution in [2.45, 2.75) is 33.1 Å². The van der Waals surface area contributed by atoms with Crippen molar-refractivity contribution in [2.75, 3.05) is 12.3 Å². The van der Waals surface area contributed by atoms with Gasteiger partial charge < -0.3 is 10.5 Å². The highest BCUT2D eigenvalue weighted by molar-refractivity contribution is 5.44. The second-order valence-electron chi connectivity index (χ2n) is 3.63. The maximum Gasteiger partial charge on any atom is 0.221 e. The summed E-state index contributed by atoms with van der Waals surface area (Å²) in [7, 11) is 0. The monoisotopic (exact) mass is 221 g/mol. The fourth-order valence-electron chi connectivity index (χ4n) is 1.27. The zero-order valence-electron chi connectivity index (χ0n) is 9.99. The van der Waals surface area contributed by atoms with E-state index >= 15 is 0 Å². The molecule has 16 heavy (non-hydrogen) atoms. The first-order valence-electron chi connectivity index (χ1n) is 5.55. The van der Waals surface area contributed by atoms with E-state index in [-0.39, 0.29) is 0 Å². The zero-order chi connectivity index (χ0) is 12.0. The van der Waals surface area contributed by atoms with Crippen LogP contribution in [0.2, 0.25) is 0 Å². The standard InChI is InChI=1S/C12H19N3O/c1-4-6-8-16-12-9(3)11(13)14-10(15-12)7-5-2/h4H,1,5-8H2,2-3H3,(H2,13,14,15). The largest absolute Gasteiger partial charge is 0.477 e. The van der Waals surface area contributed by atoms with Gasteiger partial charge in [-0.2, -0.15) is 4.98 Å². The van der Waals surface area contributed by atoms with Crippen molar-refractivity contribution in [3.8, 4) is 5.88 Å². The molecule has 88 valence electrons. The van der Waals surface area contributed by atoms with Gasteiger partial charge in [-0.3, -0.25) is 0 Å². The summed E-state index contributed by atoms with van der Waals surface area (Å²) in [5, 5.41) is 0. The van der Waals surface area contributed by atoms with Crippen LogP contribution in [0.3, 0.4) is 0 Å². The molecule has 0 saturated heterocycles. The quantitative estimate of drug-likeness (QED) is 0.591. The molecule has 0 aromatic carbocycles. The SMILES string of the molecule is C=CCCOc1nc(CCC)nc(N)c1C.